The zero-order chi connectivity index (χ0) is 24.6. The van der Waals surface area contributed by atoms with Gasteiger partial charge in [-0.25, -0.2) is 9.78 Å². The highest BCUT2D eigenvalue weighted by Gasteiger charge is 2.54. The zero-order valence-electron chi connectivity index (χ0n) is 18.5. The smallest absolute Gasteiger partial charge is 0.353 e. The van der Waals surface area contributed by atoms with Crippen molar-refractivity contribution in [3.63, 3.8) is 0 Å². The molecule has 0 aromatic carbocycles. The minimum atomic E-state index is -1.20. The van der Waals surface area contributed by atoms with E-state index in [2.05, 4.69) is 15.5 Å². The summed E-state index contributed by atoms with van der Waals surface area (Å²) in [6.45, 7) is 4.05. The van der Waals surface area contributed by atoms with Crippen molar-refractivity contribution in [3.05, 3.63) is 21.7 Å². The van der Waals surface area contributed by atoms with Gasteiger partial charge in [0.05, 0.1) is 12.7 Å². The first-order chi connectivity index (χ1) is 16.1. The number of ether oxygens (including phenoxy) is 2. The molecule has 1 aromatic heterocycles. The molecule has 4 heterocycles. The van der Waals surface area contributed by atoms with Crippen LogP contribution in [0.15, 0.2) is 21.1 Å². The normalized spacial score (nSPS) is 26.2. The Morgan fingerprint density at radius 1 is 1.50 bits per heavy atom. The lowest BCUT2D eigenvalue weighted by Gasteiger charge is -2.49. The van der Waals surface area contributed by atoms with Crippen LogP contribution in [-0.4, -0.2) is 87.0 Å². The maximum absolute atomic E-state index is 12.9. The maximum Gasteiger partial charge on any atom is 0.353 e. The van der Waals surface area contributed by atoms with E-state index in [1.807, 2.05) is 13.8 Å². The first-order valence-corrected chi connectivity index (χ1v) is 13.0. The number of nitrogens with one attached hydrogen (secondary N) is 1. The van der Waals surface area contributed by atoms with Crippen LogP contribution < -0.4 is 11.1 Å². The van der Waals surface area contributed by atoms with E-state index >= 15 is 0 Å². The van der Waals surface area contributed by atoms with Crippen molar-refractivity contribution in [2.75, 3.05) is 31.0 Å². The number of nitrogens with two attached hydrogens (primary N) is 1. The van der Waals surface area contributed by atoms with Gasteiger partial charge in [-0.15, -0.1) is 34.9 Å². The molecule has 0 spiro atoms. The van der Waals surface area contributed by atoms with Gasteiger partial charge in [0.1, 0.15) is 29.9 Å². The number of β-lactam (4-membered cyclic amide) rings is 1. The highest BCUT2D eigenvalue weighted by Crippen LogP contribution is 2.44. The highest BCUT2D eigenvalue weighted by molar-refractivity contribution is 8.06. The number of thiazole rings is 1. The molecule has 0 saturated carbocycles. The third kappa shape index (κ3) is 4.88. The summed E-state index contributed by atoms with van der Waals surface area (Å²) in [5.41, 5.74) is 5.65. The molecule has 2 unspecified atom stereocenters. The number of carboxylic acid groups (broad SMARTS) is 1. The van der Waals surface area contributed by atoms with Gasteiger partial charge in [0.2, 0.25) is 0 Å². The third-order valence-electron chi connectivity index (χ3n) is 5.10. The molecule has 3 aliphatic rings. The van der Waals surface area contributed by atoms with Crippen molar-refractivity contribution in [3.8, 4) is 0 Å². The fourth-order valence-electron chi connectivity index (χ4n) is 3.64. The van der Waals surface area contributed by atoms with E-state index in [9.17, 15) is 19.5 Å². The molecule has 0 aliphatic carbocycles. The van der Waals surface area contributed by atoms with E-state index in [4.69, 9.17) is 20.0 Å². The summed E-state index contributed by atoms with van der Waals surface area (Å²) in [6, 6.07) is -0.913. The summed E-state index contributed by atoms with van der Waals surface area (Å²) in [4.78, 5) is 48.3. The number of aliphatic carboxylic acids is 1. The van der Waals surface area contributed by atoms with Gasteiger partial charge in [0, 0.05) is 21.8 Å². The SMILES string of the molecule is CON=C(C(=O)NC1C(=O)N2C(C(=O)O)=C(SCC3COC(C)(C)O3)CS[C@@H]12)c1csc(N)n1. The molecule has 2 fully saturated rings. The van der Waals surface area contributed by atoms with E-state index in [0.717, 1.165) is 11.3 Å². The van der Waals surface area contributed by atoms with Gasteiger partial charge in [-0.1, -0.05) is 5.16 Å². The average Bonchev–Trinajstić information content (AvgIpc) is 3.37. The van der Waals surface area contributed by atoms with Gasteiger partial charge in [-0.3, -0.25) is 14.5 Å². The largest absolute Gasteiger partial charge is 0.477 e. The fourth-order valence-corrected chi connectivity index (χ4v) is 6.80. The van der Waals surface area contributed by atoms with Gasteiger partial charge < -0.3 is 30.5 Å². The monoisotopic (exact) mass is 529 g/mol. The Kier molecular flexibility index (Phi) is 7.09. The quantitative estimate of drug-likeness (QED) is 0.246. The molecule has 34 heavy (non-hydrogen) atoms. The van der Waals surface area contributed by atoms with Gasteiger partial charge in [0.15, 0.2) is 16.6 Å². The lowest BCUT2D eigenvalue weighted by atomic mass is 10.0. The van der Waals surface area contributed by atoms with Crippen LogP contribution in [0.4, 0.5) is 5.13 Å². The lowest BCUT2D eigenvalue weighted by Crippen LogP contribution is -2.71. The zero-order valence-corrected chi connectivity index (χ0v) is 20.9. The van der Waals surface area contributed by atoms with Gasteiger partial charge in [0.25, 0.3) is 11.8 Å². The van der Waals surface area contributed by atoms with Crippen LogP contribution in [0.25, 0.3) is 0 Å². The van der Waals surface area contributed by atoms with Crippen molar-refractivity contribution in [2.24, 2.45) is 5.16 Å². The van der Waals surface area contributed by atoms with Gasteiger partial charge in [-0.05, 0) is 13.8 Å². The molecule has 12 nitrogen and oxygen atoms in total. The topological polar surface area (TPSA) is 166 Å². The van der Waals surface area contributed by atoms with Crippen molar-refractivity contribution in [1.82, 2.24) is 15.2 Å². The predicted octanol–water partition coefficient (Wildman–Crippen LogP) is 0.657. The second kappa shape index (κ2) is 9.73. The molecule has 1 aromatic rings. The number of nitrogens with zero attached hydrogens (tertiary/aromatic N) is 3. The number of amides is 2. The number of carbonyl (C=O) groups excluding carboxylic acids is 2. The Bertz CT molecular complexity index is 1070. The molecule has 0 radical (unpaired) electrons. The van der Waals surface area contributed by atoms with Crippen molar-refractivity contribution < 1.29 is 33.8 Å². The van der Waals surface area contributed by atoms with E-state index in [1.165, 1.54) is 35.5 Å². The number of hydrogen-bond acceptors (Lipinski definition) is 12. The second-order valence-electron chi connectivity index (χ2n) is 7.89. The summed E-state index contributed by atoms with van der Waals surface area (Å²) < 4.78 is 11.3. The summed E-state index contributed by atoms with van der Waals surface area (Å²) in [5.74, 6) is -2.18. The Morgan fingerprint density at radius 3 is 2.85 bits per heavy atom. The lowest BCUT2D eigenvalue weighted by molar-refractivity contribution is -0.150. The molecule has 15 heteroatoms. The number of fused-ring (bicyclic) bond motifs is 1. The van der Waals surface area contributed by atoms with Crippen molar-refractivity contribution >= 4 is 63.5 Å². The molecular weight excluding hydrogens is 506 g/mol. The standard InChI is InChI=1S/C19H23N5O7S3/c1-19(2)30-4-8(31-19)5-32-10-7-33-16-12(15(26)24(16)13(10)17(27)28)22-14(25)11(23-29-3)9-6-34-18(20)21-9/h6,8,12,16H,4-5,7H2,1-3H3,(H2,20,21)(H,22,25)(H,27,28)/t8?,12?,16-/m0/s1. The minimum absolute atomic E-state index is 0.0690. The number of aromatic nitrogens is 1. The van der Waals surface area contributed by atoms with Crippen LogP contribution in [0.3, 0.4) is 0 Å². The first-order valence-electron chi connectivity index (χ1n) is 10.1. The molecule has 2 saturated heterocycles. The fraction of sp³-hybridized carbons (Fsp3) is 0.526. The van der Waals surface area contributed by atoms with Crippen LogP contribution in [0.5, 0.6) is 0 Å². The molecule has 4 N–H and O–H groups in total. The van der Waals surface area contributed by atoms with Crippen LogP contribution in [0, 0.1) is 0 Å². The second-order valence-corrected chi connectivity index (χ2v) is 11.0. The molecular formula is C19H23N5O7S3. The van der Waals surface area contributed by atoms with Crippen molar-refractivity contribution in [2.45, 2.75) is 37.2 Å². The molecule has 184 valence electrons. The number of rotatable bonds is 8. The maximum atomic E-state index is 12.9. The Balaban J connectivity index is 1.45. The predicted molar refractivity (Wildman–Crippen MR) is 127 cm³/mol. The van der Waals surface area contributed by atoms with Crippen LogP contribution in [0.2, 0.25) is 0 Å². The first kappa shape index (κ1) is 24.8. The summed E-state index contributed by atoms with van der Waals surface area (Å²) in [7, 11) is 1.28. The number of thioether (sulfide) groups is 2. The van der Waals surface area contributed by atoms with Crippen LogP contribution in [-0.2, 0) is 28.7 Å². The Hall–Kier alpha value is -2.33. The molecule has 3 atom stereocenters. The molecule has 3 aliphatic heterocycles. The molecule has 4 rings (SSSR count). The number of nitrogen functional groups attached to an aromatic ring is 1. The highest BCUT2D eigenvalue weighted by atomic mass is 32.2. The number of oxime groups is 1. The van der Waals surface area contributed by atoms with E-state index < -0.39 is 35.0 Å². The van der Waals surface area contributed by atoms with E-state index in [0.29, 0.717) is 23.0 Å². The Morgan fingerprint density at radius 2 is 2.26 bits per heavy atom. The number of carbonyl (C=O) groups is 3. The summed E-state index contributed by atoms with van der Waals surface area (Å²) in [5, 5.41) is 17.4. The number of anilines is 1. The van der Waals surface area contributed by atoms with Crippen LogP contribution in [0.1, 0.15) is 19.5 Å². The van der Waals surface area contributed by atoms with Gasteiger partial charge >= 0.3 is 5.97 Å². The number of carboxylic acids is 1. The minimum Gasteiger partial charge on any atom is -0.477 e. The molecule has 2 amide bonds. The summed E-state index contributed by atoms with van der Waals surface area (Å²) in [6.07, 6.45) is -0.178. The Labute approximate surface area is 207 Å². The van der Waals surface area contributed by atoms with E-state index in [-0.39, 0.29) is 28.3 Å². The number of hydrogen-bond donors (Lipinski definition) is 3. The van der Waals surface area contributed by atoms with Gasteiger partial charge in [-0.2, -0.15) is 0 Å². The van der Waals surface area contributed by atoms with Crippen LogP contribution >= 0.6 is 34.9 Å². The summed E-state index contributed by atoms with van der Waals surface area (Å²) >= 11 is 3.84. The van der Waals surface area contributed by atoms with Crippen molar-refractivity contribution in [1.29, 1.82) is 0 Å². The van der Waals surface area contributed by atoms with E-state index in [1.54, 1.807) is 5.38 Å². The molecule has 0 bridgehead atoms. The third-order valence-corrected chi connectivity index (χ3v) is 8.46. The average molecular weight is 530 g/mol.